The van der Waals surface area contributed by atoms with Gasteiger partial charge in [0, 0.05) is 17.3 Å². The fourth-order valence-corrected chi connectivity index (χ4v) is 4.30. The smallest absolute Gasteiger partial charge is 0.478 e. The second-order valence-electron chi connectivity index (χ2n) is 6.26. The molecule has 0 fully saturated rings. The lowest BCUT2D eigenvalue weighted by atomic mass is 9.83. The maximum atomic E-state index is 12.5. The number of carboxylic acids is 1. The molecule has 26 heavy (non-hydrogen) atoms. The van der Waals surface area contributed by atoms with Crippen LogP contribution in [0.5, 0.6) is 5.75 Å². The molecule has 0 aromatic heterocycles. The van der Waals surface area contributed by atoms with Crippen molar-refractivity contribution in [2.24, 2.45) is 4.99 Å². The Morgan fingerprint density at radius 2 is 1.96 bits per heavy atom. The van der Waals surface area contributed by atoms with Crippen LogP contribution in [-0.4, -0.2) is 33.6 Å². The molecule has 1 aliphatic heterocycles. The number of halogens is 3. The molecule has 4 nitrogen and oxygen atoms in total. The van der Waals surface area contributed by atoms with Gasteiger partial charge in [-0.15, -0.1) is 24.9 Å². The van der Waals surface area contributed by atoms with E-state index >= 15 is 0 Å². The first-order valence-electron chi connectivity index (χ1n) is 8.00. The second-order valence-corrected chi connectivity index (χ2v) is 7.98. The average molecular weight is 387 g/mol. The predicted octanol–water partition coefficient (Wildman–Crippen LogP) is 5.01. The van der Waals surface area contributed by atoms with Gasteiger partial charge in [-0.2, -0.15) is 0 Å². The number of hydrogen-bond acceptors (Lipinski definition) is 4. The number of rotatable bonds is 5. The summed E-state index contributed by atoms with van der Waals surface area (Å²) in [5.41, 5.74) is 1.66. The third-order valence-corrected chi connectivity index (χ3v) is 5.31. The first-order chi connectivity index (χ1) is 12.0. The van der Waals surface area contributed by atoms with E-state index in [1.165, 1.54) is 30.0 Å². The molecule has 0 radical (unpaired) electrons. The Morgan fingerprint density at radius 1 is 1.31 bits per heavy atom. The lowest BCUT2D eigenvalue weighted by molar-refractivity contribution is -0.274. The Balaban J connectivity index is 2.55. The molecule has 1 N–H and O–H groups in total. The molecular weight excluding hydrogens is 367 g/mol. The maximum Gasteiger partial charge on any atom is 0.573 e. The number of benzene rings is 1. The average Bonchev–Trinajstić information content (AvgIpc) is 2.47. The van der Waals surface area contributed by atoms with Gasteiger partial charge in [0.1, 0.15) is 5.75 Å². The predicted molar refractivity (Wildman–Crippen MR) is 95.8 cm³/mol. The zero-order valence-corrected chi connectivity index (χ0v) is 15.6. The monoisotopic (exact) mass is 387 g/mol. The minimum atomic E-state index is -4.81. The number of thioether (sulfide) groups is 1. The number of aliphatic carboxylic acids is 1. The Labute approximate surface area is 154 Å². The van der Waals surface area contributed by atoms with Crippen LogP contribution in [0.25, 0.3) is 0 Å². The molecule has 0 saturated heterocycles. The molecule has 0 amide bonds. The topological polar surface area (TPSA) is 58.9 Å². The molecular formula is C18H20F3NO3S. The lowest BCUT2D eigenvalue weighted by Crippen LogP contribution is -2.32. The minimum Gasteiger partial charge on any atom is -0.478 e. The van der Waals surface area contributed by atoms with Gasteiger partial charge in [-0.25, -0.2) is 4.79 Å². The van der Waals surface area contributed by atoms with Crippen LogP contribution >= 0.6 is 11.8 Å². The first kappa shape index (κ1) is 20.4. The van der Waals surface area contributed by atoms with Gasteiger partial charge in [-0.1, -0.05) is 26.0 Å². The number of ether oxygens (including phenoxy) is 1. The summed E-state index contributed by atoms with van der Waals surface area (Å²) in [6, 6.07) is 5.50. The molecule has 0 aliphatic carbocycles. The third-order valence-electron chi connectivity index (χ3n) is 3.86. The number of alkyl halides is 3. The first-order valence-corrected chi connectivity index (χ1v) is 8.94. The van der Waals surface area contributed by atoms with Crippen molar-refractivity contribution in [3.63, 3.8) is 0 Å². The summed E-state index contributed by atoms with van der Waals surface area (Å²) in [5.74, 6) is -2.11. The number of aliphatic imine (C=N–C) groups is 1. The minimum absolute atomic E-state index is 0.0953. The van der Waals surface area contributed by atoms with E-state index in [2.05, 4.69) is 9.73 Å². The molecule has 0 bridgehead atoms. The van der Waals surface area contributed by atoms with Crippen molar-refractivity contribution in [2.45, 2.75) is 50.5 Å². The lowest BCUT2D eigenvalue weighted by Gasteiger charge is -2.33. The molecule has 2 unspecified atom stereocenters. The van der Waals surface area contributed by atoms with Crippen molar-refractivity contribution in [2.75, 3.05) is 0 Å². The zero-order chi connectivity index (χ0) is 19.6. The van der Waals surface area contributed by atoms with E-state index in [9.17, 15) is 23.1 Å². The maximum absolute atomic E-state index is 12.5. The fourth-order valence-electron chi connectivity index (χ4n) is 3.01. The van der Waals surface area contributed by atoms with Crippen molar-refractivity contribution in [3.8, 4) is 5.75 Å². The van der Waals surface area contributed by atoms with Gasteiger partial charge < -0.3 is 9.84 Å². The summed E-state index contributed by atoms with van der Waals surface area (Å²) in [4.78, 5) is 16.2. The number of allylic oxidation sites excluding steroid dienone is 1. The molecule has 1 aromatic carbocycles. The van der Waals surface area contributed by atoms with Crippen LogP contribution in [0.15, 0.2) is 40.5 Å². The van der Waals surface area contributed by atoms with E-state index < -0.39 is 18.2 Å². The van der Waals surface area contributed by atoms with Crippen LogP contribution in [0.1, 0.15) is 39.2 Å². The van der Waals surface area contributed by atoms with E-state index in [0.717, 1.165) is 5.71 Å². The molecule has 2 rings (SSSR count). The van der Waals surface area contributed by atoms with Crippen molar-refractivity contribution < 1.29 is 27.8 Å². The molecule has 1 aliphatic rings. The van der Waals surface area contributed by atoms with Gasteiger partial charge in [-0.3, -0.25) is 4.99 Å². The van der Waals surface area contributed by atoms with Crippen LogP contribution < -0.4 is 4.74 Å². The van der Waals surface area contributed by atoms with Gasteiger partial charge in [0.05, 0.1) is 10.8 Å². The van der Waals surface area contributed by atoms with E-state index in [0.29, 0.717) is 11.3 Å². The van der Waals surface area contributed by atoms with Crippen molar-refractivity contribution in [1.29, 1.82) is 0 Å². The van der Waals surface area contributed by atoms with Crippen LogP contribution in [0, 0.1) is 0 Å². The molecule has 142 valence electrons. The summed E-state index contributed by atoms with van der Waals surface area (Å²) in [5, 5.41) is 9.59. The Bertz CT molecular complexity index is 756. The van der Waals surface area contributed by atoms with Gasteiger partial charge in [-0.05, 0) is 36.8 Å². The van der Waals surface area contributed by atoms with Crippen molar-refractivity contribution in [3.05, 3.63) is 41.1 Å². The van der Waals surface area contributed by atoms with Crippen LogP contribution in [0.4, 0.5) is 13.2 Å². The number of hydrogen-bond donors (Lipinski definition) is 1. The summed E-state index contributed by atoms with van der Waals surface area (Å²) in [7, 11) is 0. The highest BCUT2D eigenvalue weighted by Gasteiger charge is 2.38. The molecule has 2 atom stereocenters. The van der Waals surface area contributed by atoms with Crippen molar-refractivity contribution >= 4 is 23.4 Å². The third kappa shape index (κ3) is 4.81. The van der Waals surface area contributed by atoms with Gasteiger partial charge in [0.2, 0.25) is 0 Å². The Hall–Kier alpha value is -1.96. The van der Waals surface area contributed by atoms with Gasteiger partial charge in [0.15, 0.2) is 0 Å². The van der Waals surface area contributed by atoms with E-state index in [1.807, 2.05) is 20.8 Å². The van der Waals surface area contributed by atoms with E-state index in [1.54, 1.807) is 13.0 Å². The zero-order valence-electron chi connectivity index (χ0n) is 14.8. The van der Waals surface area contributed by atoms with Crippen molar-refractivity contribution in [1.82, 2.24) is 0 Å². The van der Waals surface area contributed by atoms with Crippen LogP contribution in [0.3, 0.4) is 0 Å². The Morgan fingerprint density at radius 3 is 2.50 bits per heavy atom. The second kappa shape index (κ2) is 7.73. The highest BCUT2D eigenvalue weighted by atomic mass is 32.2. The standard InChI is InChI=1S/C18H20F3NO3S/c1-9(2)26-16-11(4)22-10(3)14(17(23)24)15(16)12-6-5-7-13(8-12)25-18(19,20)21/h5-9,15-16H,1-4H3,(H,23,24). The SMILES string of the molecule is CC1=NC(C)=C(C(=O)O)C(c2cccc(OC(F)(F)F)c2)C1SC(C)C. The molecule has 8 heteroatoms. The summed E-state index contributed by atoms with van der Waals surface area (Å²) in [6.07, 6.45) is -4.81. The van der Waals surface area contributed by atoms with Gasteiger partial charge >= 0.3 is 12.3 Å². The Kier molecular flexibility index (Phi) is 6.05. The fraction of sp³-hybridized carbons (Fsp3) is 0.444. The summed E-state index contributed by atoms with van der Waals surface area (Å²) in [6.45, 7) is 7.37. The van der Waals surface area contributed by atoms with Crippen LogP contribution in [-0.2, 0) is 4.79 Å². The molecule has 1 heterocycles. The largest absolute Gasteiger partial charge is 0.573 e. The number of carboxylic acid groups (broad SMARTS) is 1. The highest BCUT2D eigenvalue weighted by molar-refractivity contribution is 8.01. The van der Waals surface area contributed by atoms with Crippen LogP contribution in [0.2, 0.25) is 0 Å². The summed E-state index contributed by atoms with van der Waals surface area (Å²) >= 11 is 1.54. The molecule has 0 spiro atoms. The normalized spacial score (nSPS) is 21.0. The van der Waals surface area contributed by atoms with Gasteiger partial charge in [0.25, 0.3) is 0 Å². The number of carbonyl (C=O) groups is 1. The summed E-state index contributed by atoms with van der Waals surface area (Å²) < 4.78 is 41.6. The molecule has 1 aromatic rings. The molecule has 0 saturated carbocycles. The quantitative estimate of drug-likeness (QED) is 0.771. The van der Waals surface area contributed by atoms with E-state index in [-0.39, 0.29) is 21.8 Å². The van der Waals surface area contributed by atoms with E-state index in [4.69, 9.17) is 0 Å². The highest BCUT2D eigenvalue weighted by Crippen LogP contribution is 2.43. The number of nitrogens with zero attached hydrogens (tertiary/aromatic N) is 1.